The molecule has 1 saturated heterocycles. The standard InChI is InChI=1S/C22H27F3N4O/c1-21(2,3)16-5-8-18(9-6-16)27-20(30)29-12-4-11-28(13-14-29)19-10-7-17(15-26-19)22(23,24)25/h5-10,15H,4,11-14H2,1-3H3,(H,27,30). The molecule has 1 fully saturated rings. The van der Waals surface area contributed by atoms with Crippen LogP contribution < -0.4 is 10.2 Å². The molecule has 30 heavy (non-hydrogen) atoms. The highest BCUT2D eigenvalue weighted by Crippen LogP contribution is 2.29. The lowest BCUT2D eigenvalue weighted by atomic mass is 9.87. The molecule has 1 N–H and O–H groups in total. The molecule has 162 valence electrons. The number of benzene rings is 1. The van der Waals surface area contributed by atoms with Crippen LogP contribution in [0.4, 0.5) is 29.5 Å². The second kappa shape index (κ2) is 8.53. The third-order valence-electron chi connectivity index (χ3n) is 5.18. The van der Waals surface area contributed by atoms with Crippen molar-refractivity contribution in [3.05, 3.63) is 53.7 Å². The summed E-state index contributed by atoms with van der Waals surface area (Å²) in [7, 11) is 0. The summed E-state index contributed by atoms with van der Waals surface area (Å²) in [5.41, 5.74) is 1.20. The monoisotopic (exact) mass is 420 g/mol. The Morgan fingerprint density at radius 2 is 1.60 bits per heavy atom. The van der Waals surface area contributed by atoms with E-state index in [1.165, 1.54) is 11.6 Å². The van der Waals surface area contributed by atoms with Gasteiger partial charge in [0.05, 0.1) is 5.56 Å². The molecule has 0 aliphatic carbocycles. The van der Waals surface area contributed by atoms with Crippen LogP contribution in [-0.4, -0.2) is 42.1 Å². The van der Waals surface area contributed by atoms with Gasteiger partial charge in [0, 0.05) is 38.1 Å². The number of nitrogens with zero attached hydrogens (tertiary/aromatic N) is 3. The van der Waals surface area contributed by atoms with E-state index < -0.39 is 11.7 Å². The van der Waals surface area contributed by atoms with Gasteiger partial charge in [-0.15, -0.1) is 0 Å². The molecule has 1 aromatic heterocycles. The second-order valence-electron chi connectivity index (χ2n) is 8.49. The maximum Gasteiger partial charge on any atom is 0.417 e. The van der Waals surface area contributed by atoms with Crippen molar-refractivity contribution in [3.63, 3.8) is 0 Å². The largest absolute Gasteiger partial charge is 0.417 e. The van der Waals surface area contributed by atoms with Crippen molar-refractivity contribution in [1.82, 2.24) is 9.88 Å². The number of carbonyl (C=O) groups excluding carboxylic acids is 1. The van der Waals surface area contributed by atoms with E-state index in [-0.39, 0.29) is 11.4 Å². The summed E-state index contributed by atoms with van der Waals surface area (Å²) in [6.07, 6.45) is -2.84. The minimum atomic E-state index is -4.40. The first-order chi connectivity index (χ1) is 14.0. The Kier molecular flexibility index (Phi) is 6.24. The van der Waals surface area contributed by atoms with Crippen LogP contribution in [0, 0.1) is 0 Å². The number of rotatable bonds is 2. The number of amides is 2. The van der Waals surface area contributed by atoms with Gasteiger partial charge < -0.3 is 15.1 Å². The number of hydrogen-bond donors (Lipinski definition) is 1. The smallest absolute Gasteiger partial charge is 0.355 e. The van der Waals surface area contributed by atoms with Gasteiger partial charge in [-0.05, 0) is 41.7 Å². The molecular formula is C22H27F3N4O. The van der Waals surface area contributed by atoms with Crippen molar-refractivity contribution in [1.29, 1.82) is 0 Å². The maximum atomic E-state index is 12.7. The van der Waals surface area contributed by atoms with Crippen molar-refractivity contribution < 1.29 is 18.0 Å². The Morgan fingerprint density at radius 1 is 0.933 bits per heavy atom. The van der Waals surface area contributed by atoms with Crippen LogP contribution in [0.15, 0.2) is 42.6 Å². The van der Waals surface area contributed by atoms with Crippen molar-refractivity contribution in [2.24, 2.45) is 0 Å². The molecule has 5 nitrogen and oxygen atoms in total. The van der Waals surface area contributed by atoms with Crippen LogP contribution in [0.5, 0.6) is 0 Å². The zero-order valence-electron chi connectivity index (χ0n) is 17.5. The summed E-state index contributed by atoms with van der Waals surface area (Å²) in [4.78, 5) is 20.3. The summed E-state index contributed by atoms with van der Waals surface area (Å²) < 4.78 is 38.2. The first kappa shape index (κ1) is 21.9. The molecule has 2 heterocycles. The molecule has 3 rings (SSSR count). The summed E-state index contributed by atoms with van der Waals surface area (Å²) in [6.45, 7) is 8.58. The number of halogens is 3. The van der Waals surface area contributed by atoms with Gasteiger partial charge in [-0.1, -0.05) is 32.9 Å². The van der Waals surface area contributed by atoms with Crippen LogP contribution in [0.25, 0.3) is 0 Å². The Morgan fingerprint density at radius 3 is 2.17 bits per heavy atom. The lowest BCUT2D eigenvalue weighted by Crippen LogP contribution is -2.38. The molecule has 2 amide bonds. The topological polar surface area (TPSA) is 48.5 Å². The highest BCUT2D eigenvalue weighted by molar-refractivity contribution is 5.89. The third-order valence-corrected chi connectivity index (χ3v) is 5.18. The molecule has 1 aliphatic heterocycles. The quantitative estimate of drug-likeness (QED) is 0.732. The average Bonchev–Trinajstić information content (AvgIpc) is 2.93. The van der Waals surface area contributed by atoms with Gasteiger partial charge in [-0.3, -0.25) is 0 Å². The fourth-order valence-corrected chi connectivity index (χ4v) is 3.35. The summed E-state index contributed by atoms with van der Waals surface area (Å²) in [6, 6.07) is 10.1. The second-order valence-corrected chi connectivity index (χ2v) is 8.49. The molecule has 0 radical (unpaired) electrons. The number of aromatic nitrogens is 1. The highest BCUT2D eigenvalue weighted by atomic mass is 19.4. The predicted molar refractivity (Wildman–Crippen MR) is 112 cm³/mol. The molecule has 0 atom stereocenters. The van der Waals surface area contributed by atoms with Crippen molar-refractivity contribution in [3.8, 4) is 0 Å². The Labute approximate surface area is 174 Å². The van der Waals surface area contributed by atoms with Crippen LogP contribution >= 0.6 is 0 Å². The molecule has 1 aliphatic rings. The lowest BCUT2D eigenvalue weighted by molar-refractivity contribution is -0.137. The number of hydrogen-bond acceptors (Lipinski definition) is 3. The predicted octanol–water partition coefficient (Wildman–Crippen LogP) is 5.14. The van der Waals surface area contributed by atoms with E-state index in [0.29, 0.717) is 38.4 Å². The van der Waals surface area contributed by atoms with E-state index in [9.17, 15) is 18.0 Å². The zero-order valence-corrected chi connectivity index (χ0v) is 17.5. The Bertz CT molecular complexity index is 858. The van der Waals surface area contributed by atoms with Gasteiger partial charge in [0.25, 0.3) is 0 Å². The molecule has 0 spiro atoms. The number of urea groups is 1. The van der Waals surface area contributed by atoms with E-state index in [4.69, 9.17) is 0 Å². The zero-order chi connectivity index (χ0) is 21.9. The number of anilines is 2. The van der Waals surface area contributed by atoms with Gasteiger partial charge in [0.15, 0.2) is 0 Å². The van der Waals surface area contributed by atoms with Gasteiger partial charge >= 0.3 is 12.2 Å². The first-order valence-corrected chi connectivity index (χ1v) is 9.99. The Balaban J connectivity index is 1.58. The fraction of sp³-hybridized carbons (Fsp3) is 0.455. The van der Waals surface area contributed by atoms with Gasteiger partial charge in [0.1, 0.15) is 5.82 Å². The molecule has 0 unspecified atom stereocenters. The number of nitrogens with one attached hydrogen (secondary N) is 1. The Hall–Kier alpha value is -2.77. The van der Waals surface area contributed by atoms with Crippen LogP contribution in [0.3, 0.4) is 0 Å². The normalized spacial score (nSPS) is 15.7. The minimum Gasteiger partial charge on any atom is -0.355 e. The van der Waals surface area contributed by atoms with Gasteiger partial charge in [-0.2, -0.15) is 13.2 Å². The number of carbonyl (C=O) groups is 1. The molecular weight excluding hydrogens is 393 g/mol. The van der Waals surface area contributed by atoms with Gasteiger partial charge in [-0.25, -0.2) is 9.78 Å². The van der Waals surface area contributed by atoms with Crippen molar-refractivity contribution in [2.45, 2.75) is 38.8 Å². The van der Waals surface area contributed by atoms with Crippen molar-refractivity contribution in [2.75, 3.05) is 36.4 Å². The molecule has 0 saturated carbocycles. The summed E-state index contributed by atoms with van der Waals surface area (Å²) in [5.74, 6) is 0.489. The minimum absolute atomic E-state index is 0.0448. The molecule has 1 aromatic carbocycles. The van der Waals surface area contributed by atoms with Crippen molar-refractivity contribution >= 4 is 17.5 Å². The fourth-order valence-electron chi connectivity index (χ4n) is 3.35. The first-order valence-electron chi connectivity index (χ1n) is 9.99. The van der Waals surface area contributed by atoms with E-state index in [0.717, 1.165) is 18.0 Å². The van der Waals surface area contributed by atoms with E-state index in [1.807, 2.05) is 29.2 Å². The molecule has 8 heteroatoms. The molecule has 2 aromatic rings. The molecule has 0 bridgehead atoms. The van der Waals surface area contributed by atoms with Crippen LogP contribution in [0.1, 0.15) is 38.3 Å². The summed E-state index contributed by atoms with van der Waals surface area (Å²) in [5, 5.41) is 2.92. The maximum absolute atomic E-state index is 12.7. The highest BCUT2D eigenvalue weighted by Gasteiger charge is 2.31. The van der Waals surface area contributed by atoms with E-state index in [1.54, 1.807) is 4.90 Å². The number of pyridine rings is 1. The lowest BCUT2D eigenvalue weighted by Gasteiger charge is -2.23. The number of alkyl halides is 3. The third kappa shape index (κ3) is 5.43. The van der Waals surface area contributed by atoms with Gasteiger partial charge in [0.2, 0.25) is 0 Å². The van der Waals surface area contributed by atoms with E-state index in [2.05, 4.69) is 31.1 Å². The average molecular weight is 420 g/mol. The SMILES string of the molecule is CC(C)(C)c1ccc(NC(=O)N2CCCN(c3ccc(C(F)(F)F)cn3)CC2)cc1. The van der Waals surface area contributed by atoms with E-state index >= 15 is 0 Å². The van der Waals surface area contributed by atoms with Crippen LogP contribution in [0.2, 0.25) is 0 Å². The van der Waals surface area contributed by atoms with Crippen LogP contribution in [-0.2, 0) is 11.6 Å². The summed E-state index contributed by atoms with van der Waals surface area (Å²) >= 11 is 0.